The third kappa shape index (κ3) is 1.07. The minimum atomic E-state index is 0.608. The summed E-state index contributed by atoms with van der Waals surface area (Å²) >= 11 is 0. The molecule has 0 aliphatic heterocycles. The number of carbonyl (C=O) groups excluding carboxylic acids is 1. The van der Waals surface area contributed by atoms with Gasteiger partial charge in [0.25, 0.3) is 0 Å². The smallest absolute Gasteiger partial charge is 0.166 e. The second-order valence-electron chi connectivity index (χ2n) is 1.79. The van der Waals surface area contributed by atoms with E-state index in [0.29, 0.717) is 5.69 Å². The number of carbonyl (C=O) groups is 1. The maximum absolute atomic E-state index is 10.3. The van der Waals surface area contributed by atoms with Crippen molar-refractivity contribution in [3.63, 3.8) is 0 Å². The number of nitrogens with zero attached hydrogens (tertiary/aromatic N) is 1. The molecule has 50 valence electrons. The third-order valence-corrected chi connectivity index (χ3v) is 1.16. The fraction of sp³-hybridized carbons (Fsp3) is 0. The lowest BCUT2D eigenvalue weighted by Gasteiger charge is -1.90. The molecule has 1 rings (SSSR count). The second-order valence-corrected chi connectivity index (χ2v) is 1.79. The predicted molar refractivity (Wildman–Crippen MR) is 39.7 cm³/mol. The fourth-order valence-corrected chi connectivity index (χ4v) is 0.723. The van der Waals surface area contributed by atoms with Crippen LogP contribution in [0.3, 0.4) is 0 Å². The molecule has 0 unspecified atom stereocenters. The van der Waals surface area contributed by atoms with E-state index in [1.807, 2.05) is 0 Å². The molecule has 1 heterocycles. The quantitative estimate of drug-likeness (QED) is 0.443. The highest BCUT2D eigenvalue weighted by atomic mass is 16.1. The highest BCUT2D eigenvalue weighted by molar-refractivity contribution is 5.73. The summed E-state index contributed by atoms with van der Waals surface area (Å²) < 4.78 is 1.65. The van der Waals surface area contributed by atoms with Gasteiger partial charge < -0.3 is 4.57 Å². The molecule has 1 aromatic heterocycles. The molecule has 0 saturated heterocycles. The average molecular weight is 133 g/mol. The summed E-state index contributed by atoms with van der Waals surface area (Å²) in [5, 5.41) is 0. The van der Waals surface area contributed by atoms with E-state index in [-0.39, 0.29) is 0 Å². The van der Waals surface area contributed by atoms with Crippen LogP contribution in [-0.2, 0) is 0 Å². The lowest BCUT2D eigenvalue weighted by molar-refractivity contribution is 0.111. The van der Waals surface area contributed by atoms with Crippen LogP contribution in [0.15, 0.2) is 30.6 Å². The van der Waals surface area contributed by atoms with Gasteiger partial charge in [0.05, 0.1) is 11.9 Å². The van der Waals surface area contributed by atoms with E-state index in [2.05, 4.69) is 12.3 Å². The summed E-state index contributed by atoms with van der Waals surface area (Å²) in [6.45, 7) is 3.39. The standard InChI is InChI=1S/C8H7NO/c1-2-5-9-6-3-4-8(9)7-10/h3-7H,1H2. The van der Waals surface area contributed by atoms with E-state index in [1.165, 1.54) is 0 Å². The van der Waals surface area contributed by atoms with Gasteiger partial charge in [0.15, 0.2) is 6.29 Å². The molecule has 0 aliphatic carbocycles. The molecular weight excluding hydrogens is 126 g/mol. The Labute approximate surface area is 59.1 Å². The topological polar surface area (TPSA) is 22.0 Å². The number of hydrogen-bond acceptors (Lipinski definition) is 1. The largest absolute Gasteiger partial charge is 0.314 e. The first-order valence-electron chi connectivity index (χ1n) is 2.86. The molecule has 2 heteroatoms. The first kappa shape index (κ1) is 6.59. The highest BCUT2D eigenvalue weighted by Crippen LogP contribution is 1.97. The van der Waals surface area contributed by atoms with Gasteiger partial charge in [0.1, 0.15) is 0 Å². The van der Waals surface area contributed by atoms with Crippen LogP contribution in [0.25, 0.3) is 6.20 Å². The Morgan fingerprint density at radius 1 is 1.70 bits per heavy atom. The summed E-state index contributed by atoms with van der Waals surface area (Å²) in [4.78, 5) is 10.3. The Kier molecular flexibility index (Phi) is 1.88. The van der Waals surface area contributed by atoms with Crippen molar-refractivity contribution in [3.8, 4) is 0 Å². The van der Waals surface area contributed by atoms with Crippen molar-refractivity contribution >= 4 is 12.5 Å². The Balaban J connectivity index is 3.12. The fourth-order valence-electron chi connectivity index (χ4n) is 0.723. The van der Waals surface area contributed by atoms with Gasteiger partial charge >= 0.3 is 0 Å². The average Bonchev–Trinajstić information content (AvgIpc) is 2.36. The number of rotatable bonds is 2. The third-order valence-electron chi connectivity index (χ3n) is 1.16. The minimum Gasteiger partial charge on any atom is -0.314 e. The number of hydrogen-bond donors (Lipinski definition) is 0. The van der Waals surface area contributed by atoms with Crippen molar-refractivity contribution in [1.82, 2.24) is 4.57 Å². The van der Waals surface area contributed by atoms with Crippen molar-refractivity contribution < 1.29 is 4.79 Å². The van der Waals surface area contributed by atoms with Crippen LogP contribution in [0.5, 0.6) is 0 Å². The van der Waals surface area contributed by atoms with Gasteiger partial charge in [-0.2, -0.15) is 0 Å². The molecule has 0 atom stereocenters. The van der Waals surface area contributed by atoms with Crippen LogP contribution in [0.2, 0.25) is 0 Å². The highest BCUT2D eigenvalue weighted by Gasteiger charge is 1.91. The molecule has 2 nitrogen and oxygen atoms in total. The number of aldehydes is 1. The zero-order valence-corrected chi connectivity index (χ0v) is 5.45. The van der Waals surface area contributed by atoms with Gasteiger partial charge in [-0.05, 0) is 12.1 Å². The molecule has 0 amide bonds. The van der Waals surface area contributed by atoms with Gasteiger partial charge in [-0.3, -0.25) is 4.79 Å². The van der Waals surface area contributed by atoms with Crippen LogP contribution in [0, 0.1) is 0 Å². The van der Waals surface area contributed by atoms with Gasteiger partial charge in [-0.1, -0.05) is 6.58 Å². The molecule has 0 saturated carbocycles. The van der Waals surface area contributed by atoms with Crippen LogP contribution in [0.4, 0.5) is 0 Å². The van der Waals surface area contributed by atoms with Crippen LogP contribution in [-0.4, -0.2) is 10.9 Å². The normalized spacial score (nSPS) is 8.40. The molecule has 0 aliphatic rings. The van der Waals surface area contributed by atoms with Gasteiger partial charge in [0, 0.05) is 6.20 Å². The van der Waals surface area contributed by atoms with E-state index in [9.17, 15) is 4.79 Å². The molecule has 1 aromatic rings. The van der Waals surface area contributed by atoms with Crippen LogP contribution < -0.4 is 0 Å². The number of aromatic nitrogens is 1. The summed E-state index contributed by atoms with van der Waals surface area (Å²) in [6.07, 6.45) is 4.15. The first-order chi connectivity index (χ1) is 4.88. The molecule has 0 aromatic carbocycles. The molecule has 0 bridgehead atoms. The lowest BCUT2D eigenvalue weighted by Crippen LogP contribution is -1.88. The molecular formula is C8H7NO. The monoisotopic (exact) mass is 133 g/mol. The summed E-state index contributed by atoms with van der Waals surface area (Å²) in [6, 6.07) is 3.51. The van der Waals surface area contributed by atoms with E-state index in [1.54, 1.807) is 29.1 Å². The molecule has 0 radical (unpaired) electrons. The summed E-state index contributed by atoms with van der Waals surface area (Å²) in [5.74, 6) is 0. The van der Waals surface area contributed by atoms with Gasteiger partial charge in [0.2, 0.25) is 0 Å². The molecule has 0 fully saturated rings. The van der Waals surface area contributed by atoms with E-state index in [4.69, 9.17) is 0 Å². The van der Waals surface area contributed by atoms with Crippen LogP contribution >= 0.6 is 0 Å². The molecule has 0 N–H and O–H groups in total. The molecule has 10 heavy (non-hydrogen) atoms. The maximum atomic E-state index is 10.3. The molecule has 0 spiro atoms. The van der Waals surface area contributed by atoms with Crippen molar-refractivity contribution in [3.05, 3.63) is 36.3 Å². The Bertz CT molecular complexity index is 279. The Morgan fingerprint density at radius 2 is 2.50 bits per heavy atom. The predicted octanol–water partition coefficient (Wildman–Crippen LogP) is 1.56. The van der Waals surface area contributed by atoms with E-state index in [0.717, 1.165) is 6.29 Å². The SMILES string of the molecule is C=C=Cn1cccc1C=O. The second kappa shape index (κ2) is 2.85. The van der Waals surface area contributed by atoms with E-state index >= 15 is 0 Å². The minimum absolute atomic E-state index is 0.608. The lowest BCUT2D eigenvalue weighted by atomic mass is 10.5. The van der Waals surface area contributed by atoms with Gasteiger partial charge in [-0.15, -0.1) is 5.73 Å². The first-order valence-corrected chi connectivity index (χ1v) is 2.86. The Morgan fingerprint density at radius 3 is 3.10 bits per heavy atom. The van der Waals surface area contributed by atoms with Crippen molar-refractivity contribution in [2.24, 2.45) is 0 Å². The van der Waals surface area contributed by atoms with Crippen molar-refractivity contribution in [2.45, 2.75) is 0 Å². The van der Waals surface area contributed by atoms with Gasteiger partial charge in [-0.25, -0.2) is 0 Å². The van der Waals surface area contributed by atoms with E-state index < -0.39 is 0 Å². The van der Waals surface area contributed by atoms with Crippen LogP contribution in [0.1, 0.15) is 10.5 Å². The van der Waals surface area contributed by atoms with Crippen molar-refractivity contribution in [1.29, 1.82) is 0 Å². The zero-order chi connectivity index (χ0) is 7.40. The Hall–Kier alpha value is -1.53. The van der Waals surface area contributed by atoms with Crippen molar-refractivity contribution in [2.75, 3.05) is 0 Å². The maximum Gasteiger partial charge on any atom is 0.166 e. The summed E-state index contributed by atoms with van der Waals surface area (Å²) in [5.41, 5.74) is 3.18. The summed E-state index contributed by atoms with van der Waals surface area (Å²) in [7, 11) is 0. The zero-order valence-electron chi connectivity index (χ0n) is 5.45.